The summed E-state index contributed by atoms with van der Waals surface area (Å²) in [6.07, 6.45) is 4.25. The predicted molar refractivity (Wildman–Crippen MR) is 89.4 cm³/mol. The fraction of sp³-hybridized carbons (Fsp3) is 0.556. The second-order valence-corrected chi connectivity index (χ2v) is 6.16. The molecule has 1 saturated carbocycles. The summed E-state index contributed by atoms with van der Waals surface area (Å²) in [7, 11) is 1.51. The van der Waals surface area contributed by atoms with Gasteiger partial charge in [-0.2, -0.15) is 0 Å². The first-order valence-corrected chi connectivity index (χ1v) is 8.30. The van der Waals surface area contributed by atoms with Crippen LogP contribution in [0, 0.1) is 0 Å². The number of nitrogens with one attached hydrogen (secondary N) is 1. The van der Waals surface area contributed by atoms with E-state index in [1.807, 2.05) is 13.8 Å². The van der Waals surface area contributed by atoms with Crippen molar-refractivity contribution >= 4 is 11.9 Å². The number of carbonyl (C=O) groups excluding carboxylic acids is 2. The molecule has 1 aromatic carbocycles. The van der Waals surface area contributed by atoms with Crippen LogP contribution in [0.15, 0.2) is 18.2 Å². The van der Waals surface area contributed by atoms with Gasteiger partial charge in [-0.15, -0.1) is 0 Å². The summed E-state index contributed by atoms with van der Waals surface area (Å²) in [4.78, 5) is 23.9. The zero-order chi connectivity index (χ0) is 17.5. The van der Waals surface area contributed by atoms with Crippen LogP contribution in [0.1, 0.15) is 49.9 Å². The van der Waals surface area contributed by atoms with Gasteiger partial charge in [-0.25, -0.2) is 4.79 Å². The Balaban J connectivity index is 1.90. The van der Waals surface area contributed by atoms with Gasteiger partial charge in [-0.3, -0.25) is 4.79 Å². The van der Waals surface area contributed by atoms with Gasteiger partial charge in [0.15, 0.2) is 18.1 Å². The number of amides is 1. The molecule has 1 amide bonds. The average Bonchev–Trinajstić information content (AvgIpc) is 3.05. The molecule has 1 aliphatic carbocycles. The van der Waals surface area contributed by atoms with E-state index in [0.29, 0.717) is 17.1 Å². The summed E-state index contributed by atoms with van der Waals surface area (Å²) < 4.78 is 15.9. The normalized spacial score (nSPS) is 14.5. The molecule has 132 valence electrons. The largest absolute Gasteiger partial charge is 0.493 e. The molecule has 1 aliphatic rings. The van der Waals surface area contributed by atoms with Gasteiger partial charge in [0, 0.05) is 6.04 Å². The molecule has 0 spiro atoms. The van der Waals surface area contributed by atoms with Crippen molar-refractivity contribution in [2.24, 2.45) is 0 Å². The molecule has 0 radical (unpaired) electrons. The van der Waals surface area contributed by atoms with Gasteiger partial charge in [-0.05, 0) is 44.9 Å². The van der Waals surface area contributed by atoms with E-state index < -0.39 is 5.97 Å². The Kier molecular flexibility index (Phi) is 6.46. The number of hydrogen-bond donors (Lipinski definition) is 1. The molecule has 0 heterocycles. The SMILES string of the molecule is COc1cc(C(=O)OCC(=O)NC2CCCC2)ccc1OC(C)C. The number of rotatable bonds is 7. The molecule has 2 rings (SSSR count). The maximum absolute atomic E-state index is 12.1. The molecule has 0 atom stereocenters. The van der Waals surface area contributed by atoms with E-state index in [0.717, 1.165) is 25.7 Å². The first-order valence-electron chi connectivity index (χ1n) is 8.30. The van der Waals surface area contributed by atoms with Crippen LogP contribution in [0.3, 0.4) is 0 Å². The van der Waals surface area contributed by atoms with Crippen LogP contribution in [0.5, 0.6) is 11.5 Å². The van der Waals surface area contributed by atoms with Crippen LogP contribution >= 0.6 is 0 Å². The highest BCUT2D eigenvalue weighted by atomic mass is 16.5. The van der Waals surface area contributed by atoms with Crippen molar-refractivity contribution in [1.82, 2.24) is 5.32 Å². The van der Waals surface area contributed by atoms with Crippen molar-refractivity contribution in [3.05, 3.63) is 23.8 Å². The van der Waals surface area contributed by atoms with E-state index in [4.69, 9.17) is 14.2 Å². The third-order valence-electron chi connectivity index (χ3n) is 3.82. The van der Waals surface area contributed by atoms with E-state index in [1.165, 1.54) is 7.11 Å². The first kappa shape index (κ1) is 18.1. The van der Waals surface area contributed by atoms with Gasteiger partial charge >= 0.3 is 5.97 Å². The fourth-order valence-electron chi connectivity index (χ4n) is 2.70. The number of methoxy groups -OCH3 is 1. The molecular weight excluding hydrogens is 310 g/mol. The molecule has 0 aromatic heterocycles. The minimum absolute atomic E-state index is 0.00372. The number of ether oxygens (including phenoxy) is 3. The summed E-state index contributed by atoms with van der Waals surface area (Å²) in [5.74, 6) is 0.185. The summed E-state index contributed by atoms with van der Waals surface area (Å²) in [5, 5.41) is 2.88. The molecule has 6 nitrogen and oxygen atoms in total. The molecular formula is C18H25NO5. The van der Waals surface area contributed by atoms with Crippen molar-refractivity contribution < 1.29 is 23.8 Å². The van der Waals surface area contributed by atoms with Crippen LogP contribution in [-0.2, 0) is 9.53 Å². The maximum atomic E-state index is 12.1. The van der Waals surface area contributed by atoms with Crippen LogP contribution in [0.25, 0.3) is 0 Å². The molecule has 0 saturated heterocycles. The van der Waals surface area contributed by atoms with E-state index in [-0.39, 0.29) is 24.7 Å². The van der Waals surface area contributed by atoms with E-state index in [1.54, 1.807) is 18.2 Å². The molecule has 0 unspecified atom stereocenters. The minimum Gasteiger partial charge on any atom is -0.493 e. The van der Waals surface area contributed by atoms with Gasteiger partial charge in [0.1, 0.15) is 0 Å². The lowest BCUT2D eigenvalue weighted by molar-refractivity contribution is -0.124. The molecule has 24 heavy (non-hydrogen) atoms. The zero-order valence-electron chi connectivity index (χ0n) is 14.5. The Labute approximate surface area is 142 Å². The van der Waals surface area contributed by atoms with E-state index in [9.17, 15) is 9.59 Å². The summed E-state index contributed by atoms with van der Waals surface area (Å²) in [6, 6.07) is 5.02. The van der Waals surface area contributed by atoms with Crippen LogP contribution in [0.4, 0.5) is 0 Å². The van der Waals surface area contributed by atoms with Gasteiger partial charge in [0.05, 0.1) is 18.8 Å². The monoisotopic (exact) mass is 335 g/mol. The number of hydrogen-bond acceptors (Lipinski definition) is 5. The standard InChI is InChI=1S/C18H25NO5/c1-12(2)24-15-9-8-13(10-16(15)22-3)18(21)23-11-17(20)19-14-6-4-5-7-14/h8-10,12,14H,4-7,11H2,1-3H3,(H,19,20). The third-order valence-corrected chi connectivity index (χ3v) is 3.82. The van der Waals surface area contributed by atoms with Gasteiger partial charge in [0.25, 0.3) is 5.91 Å². The second-order valence-electron chi connectivity index (χ2n) is 6.16. The summed E-state index contributed by atoms with van der Waals surface area (Å²) in [5.41, 5.74) is 0.316. The van der Waals surface area contributed by atoms with Crippen LogP contribution < -0.4 is 14.8 Å². The molecule has 1 N–H and O–H groups in total. The highest BCUT2D eigenvalue weighted by molar-refractivity contribution is 5.92. The van der Waals surface area contributed by atoms with Gasteiger partial charge in [-0.1, -0.05) is 12.8 Å². The van der Waals surface area contributed by atoms with Crippen molar-refractivity contribution in [1.29, 1.82) is 0 Å². The molecule has 0 aliphatic heterocycles. The van der Waals surface area contributed by atoms with Crippen molar-refractivity contribution in [3.8, 4) is 11.5 Å². The number of benzene rings is 1. The lowest BCUT2D eigenvalue weighted by atomic mass is 10.2. The summed E-state index contributed by atoms with van der Waals surface area (Å²) >= 11 is 0. The van der Waals surface area contributed by atoms with Gasteiger partial charge < -0.3 is 19.5 Å². The number of esters is 1. The van der Waals surface area contributed by atoms with Crippen LogP contribution in [0.2, 0.25) is 0 Å². The summed E-state index contributed by atoms with van der Waals surface area (Å²) in [6.45, 7) is 3.54. The maximum Gasteiger partial charge on any atom is 0.338 e. The Bertz CT molecular complexity index is 579. The molecule has 6 heteroatoms. The second kappa shape index (κ2) is 8.57. The van der Waals surface area contributed by atoms with E-state index >= 15 is 0 Å². The van der Waals surface area contributed by atoms with E-state index in [2.05, 4.69) is 5.32 Å². The molecule has 1 fully saturated rings. The minimum atomic E-state index is -0.564. The smallest absolute Gasteiger partial charge is 0.338 e. The van der Waals surface area contributed by atoms with Crippen molar-refractivity contribution in [2.75, 3.05) is 13.7 Å². The fourth-order valence-corrected chi connectivity index (χ4v) is 2.70. The lowest BCUT2D eigenvalue weighted by Gasteiger charge is -2.14. The number of carbonyl (C=O) groups is 2. The Hall–Kier alpha value is -2.24. The highest BCUT2D eigenvalue weighted by Gasteiger charge is 2.19. The lowest BCUT2D eigenvalue weighted by Crippen LogP contribution is -2.35. The Morgan fingerprint density at radius 1 is 1.21 bits per heavy atom. The van der Waals surface area contributed by atoms with Crippen molar-refractivity contribution in [3.63, 3.8) is 0 Å². The first-order chi connectivity index (χ1) is 11.5. The third kappa shape index (κ3) is 5.15. The quantitative estimate of drug-likeness (QED) is 0.776. The van der Waals surface area contributed by atoms with Crippen molar-refractivity contribution in [2.45, 2.75) is 51.7 Å². The molecule has 0 bridgehead atoms. The highest BCUT2D eigenvalue weighted by Crippen LogP contribution is 2.29. The predicted octanol–water partition coefficient (Wildman–Crippen LogP) is 2.70. The Morgan fingerprint density at radius 3 is 2.54 bits per heavy atom. The molecule has 1 aromatic rings. The average molecular weight is 335 g/mol. The van der Waals surface area contributed by atoms with Crippen LogP contribution in [-0.4, -0.2) is 37.7 Å². The van der Waals surface area contributed by atoms with Gasteiger partial charge in [0.2, 0.25) is 0 Å². The Morgan fingerprint density at radius 2 is 1.92 bits per heavy atom. The zero-order valence-corrected chi connectivity index (χ0v) is 14.5. The topological polar surface area (TPSA) is 73.9 Å².